The molecule has 0 saturated carbocycles. The minimum Gasteiger partial charge on any atom is -0.457 e. The van der Waals surface area contributed by atoms with E-state index in [1.165, 1.54) is 77.0 Å². The Morgan fingerprint density at radius 2 is 1.28 bits per heavy atom. The van der Waals surface area contributed by atoms with Gasteiger partial charge in [-0.25, -0.2) is 4.57 Å². The molecule has 8 nitrogen and oxygen atoms in total. The number of ether oxygens (including phenoxy) is 2. The fourth-order valence-corrected chi connectivity index (χ4v) is 5.01. The molecule has 254 valence electrons. The molecule has 0 amide bonds. The van der Waals surface area contributed by atoms with E-state index in [0.29, 0.717) is 24.1 Å². The summed E-state index contributed by atoms with van der Waals surface area (Å²) in [6.45, 7) is 5.33. The standard InChI is InChI=1S/C34H66NO7P/c1-6-8-10-11-12-13-14-15-16-17-18-19-20-21-22-23-24-25-26-29-39-31-33(42-34(36)27-9-7-2)32-41-43(37,38)40-30-28-35(3,4)5/h13-14,16-17,33H,6-12,15,18-32H2,1-5H3/p+1/b14-13-,17-16-. The number of unbranched alkanes of at least 4 members (excludes halogenated alkanes) is 13. The number of carbonyl (C=O) groups is 1. The third kappa shape index (κ3) is 32.2. The molecule has 2 unspecified atom stereocenters. The molecule has 2 atom stereocenters. The van der Waals surface area contributed by atoms with Crippen molar-refractivity contribution >= 4 is 13.8 Å². The van der Waals surface area contributed by atoms with Gasteiger partial charge in [-0.15, -0.1) is 0 Å². The van der Waals surface area contributed by atoms with E-state index in [2.05, 4.69) is 31.2 Å². The molecule has 0 aliphatic rings. The number of rotatable bonds is 31. The maximum absolute atomic E-state index is 12.2. The zero-order valence-electron chi connectivity index (χ0n) is 28.4. The van der Waals surface area contributed by atoms with Crippen LogP contribution in [-0.4, -0.2) is 75.6 Å². The molecule has 0 bridgehead atoms. The zero-order valence-corrected chi connectivity index (χ0v) is 29.3. The molecule has 0 spiro atoms. The maximum atomic E-state index is 12.2. The molecule has 1 N–H and O–H groups in total. The van der Waals surface area contributed by atoms with Crippen LogP contribution in [0.1, 0.15) is 129 Å². The topological polar surface area (TPSA) is 91.3 Å². The summed E-state index contributed by atoms with van der Waals surface area (Å²) in [4.78, 5) is 22.1. The number of esters is 1. The van der Waals surface area contributed by atoms with Gasteiger partial charge in [0.15, 0.2) is 0 Å². The average molecular weight is 633 g/mol. The van der Waals surface area contributed by atoms with Gasteiger partial charge in [-0.3, -0.25) is 13.8 Å². The number of hydrogen-bond donors (Lipinski definition) is 1. The molecule has 0 aliphatic carbocycles. The van der Waals surface area contributed by atoms with Crippen LogP contribution in [0.5, 0.6) is 0 Å². The van der Waals surface area contributed by atoms with Crippen molar-refractivity contribution in [3.63, 3.8) is 0 Å². The maximum Gasteiger partial charge on any atom is 0.472 e. The van der Waals surface area contributed by atoms with Gasteiger partial charge in [0.1, 0.15) is 19.3 Å². The van der Waals surface area contributed by atoms with E-state index in [-0.39, 0.29) is 25.8 Å². The van der Waals surface area contributed by atoms with Gasteiger partial charge >= 0.3 is 13.8 Å². The largest absolute Gasteiger partial charge is 0.472 e. The highest BCUT2D eigenvalue weighted by Crippen LogP contribution is 2.43. The zero-order chi connectivity index (χ0) is 32.1. The normalized spacial score (nSPS) is 14.5. The predicted octanol–water partition coefficient (Wildman–Crippen LogP) is 8.93. The summed E-state index contributed by atoms with van der Waals surface area (Å²) >= 11 is 0. The Bertz CT molecular complexity index is 752. The Kier molecular flexibility index (Phi) is 27.8. The molecule has 0 aromatic rings. The van der Waals surface area contributed by atoms with Crippen LogP contribution in [0.4, 0.5) is 0 Å². The lowest BCUT2D eigenvalue weighted by Crippen LogP contribution is -2.37. The van der Waals surface area contributed by atoms with Crippen molar-refractivity contribution in [3.8, 4) is 0 Å². The summed E-state index contributed by atoms with van der Waals surface area (Å²) in [5.41, 5.74) is 0. The van der Waals surface area contributed by atoms with Gasteiger partial charge in [-0.1, -0.05) is 102 Å². The van der Waals surface area contributed by atoms with Gasteiger partial charge in [0.25, 0.3) is 0 Å². The van der Waals surface area contributed by atoms with Gasteiger partial charge in [0, 0.05) is 13.0 Å². The Balaban J connectivity index is 3.95. The predicted molar refractivity (Wildman–Crippen MR) is 178 cm³/mol. The van der Waals surface area contributed by atoms with Gasteiger partial charge in [-0.2, -0.15) is 0 Å². The van der Waals surface area contributed by atoms with Gasteiger partial charge in [0.2, 0.25) is 0 Å². The number of allylic oxidation sites excluding steroid dienone is 4. The van der Waals surface area contributed by atoms with Gasteiger partial charge in [-0.05, 0) is 44.9 Å². The Morgan fingerprint density at radius 1 is 0.721 bits per heavy atom. The summed E-state index contributed by atoms with van der Waals surface area (Å²) in [5.74, 6) is -0.352. The average Bonchev–Trinajstić information content (AvgIpc) is 2.94. The Morgan fingerprint density at radius 3 is 1.86 bits per heavy atom. The van der Waals surface area contributed by atoms with Crippen molar-refractivity contribution in [3.05, 3.63) is 24.3 Å². The number of phosphoric acid groups is 1. The molecule has 0 aromatic carbocycles. The molecular weight excluding hydrogens is 565 g/mol. The summed E-state index contributed by atoms with van der Waals surface area (Å²) in [7, 11) is 1.66. The smallest absolute Gasteiger partial charge is 0.457 e. The van der Waals surface area contributed by atoms with Crippen LogP contribution in [0.15, 0.2) is 24.3 Å². The minimum atomic E-state index is -4.24. The highest BCUT2D eigenvalue weighted by atomic mass is 31.2. The van der Waals surface area contributed by atoms with E-state index in [0.717, 1.165) is 32.1 Å². The first kappa shape index (κ1) is 42.0. The molecule has 0 heterocycles. The van der Waals surface area contributed by atoms with Crippen LogP contribution in [0.2, 0.25) is 0 Å². The van der Waals surface area contributed by atoms with E-state index < -0.39 is 13.9 Å². The molecule has 0 radical (unpaired) electrons. The van der Waals surface area contributed by atoms with Crippen molar-refractivity contribution < 1.29 is 37.3 Å². The molecule has 0 aromatic heterocycles. The lowest BCUT2D eigenvalue weighted by atomic mass is 10.1. The number of carbonyl (C=O) groups excluding carboxylic acids is 1. The minimum absolute atomic E-state index is 0.0868. The number of nitrogens with zero attached hydrogens (tertiary/aromatic N) is 1. The first-order valence-electron chi connectivity index (χ1n) is 17.1. The first-order chi connectivity index (χ1) is 20.6. The number of likely N-dealkylation sites (N-methyl/N-ethyl adjacent to an activating group) is 1. The molecule has 0 rings (SSSR count). The summed E-state index contributed by atoms with van der Waals surface area (Å²) in [5, 5.41) is 0. The van der Waals surface area contributed by atoms with E-state index in [1.54, 1.807) is 0 Å². The fourth-order valence-electron chi connectivity index (χ4n) is 4.26. The van der Waals surface area contributed by atoms with Crippen LogP contribution >= 0.6 is 7.82 Å². The van der Waals surface area contributed by atoms with Crippen LogP contribution in [0.25, 0.3) is 0 Å². The second-order valence-electron chi connectivity index (χ2n) is 12.5. The lowest BCUT2D eigenvalue weighted by Gasteiger charge is -2.24. The van der Waals surface area contributed by atoms with Crippen molar-refractivity contribution in [2.24, 2.45) is 0 Å². The highest BCUT2D eigenvalue weighted by Gasteiger charge is 2.26. The number of phosphoric ester groups is 1. The van der Waals surface area contributed by atoms with Crippen LogP contribution in [-0.2, 0) is 27.9 Å². The quantitative estimate of drug-likeness (QED) is 0.0268. The molecule has 0 fully saturated rings. The molecule has 43 heavy (non-hydrogen) atoms. The molecule has 9 heteroatoms. The Hall–Kier alpha value is -1.02. The molecule has 0 aliphatic heterocycles. The summed E-state index contributed by atoms with van der Waals surface area (Å²) in [6.07, 6.45) is 28.8. The van der Waals surface area contributed by atoms with Crippen LogP contribution in [0.3, 0.4) is 0 Å². The van der Waals surface area contributed by atoms with Gasteiger partial charge < -0.3 is 18.9 Å². The first-order valence-corrected chi connectivity index (χ1v) is 18.6. The van der Waals surface area contributed by atoms with Crippen molar-refractivity contribution in [2.75, 3.05) is 54.1 Å². The number of hydrogen-bond acceptors (Lipinski definition) is 6. The van der Waals surface area contributed by atoms with E-state index in [9.17, 15) is 14.3 Å². The SMILES string of the molecule is CCCCCC/C=C\C/C=C\CCCCCCCCCCOCC(COP(=O)(O)OCC[N+](C)(C)C)OC(=O)CCCC. The van der Waals surface area contributed by atoms with E-state index in [1.807, 2.05) is 28.1 Å². The van der Waals surface area contributed by atoms with Gasteiger partial charge in [0.05, 0.1) is 34.4 Å². The second kappa shape index (κ2) is 28.5. The summed E-state index contributed by atoms with van der Waals surface area (Å²) < 4.78 is 34.2. The highest BCUT2D eigenvalue weighted by molar-refractivity contribution is 7.47. The van der Waals surface area contributed by atoms with Crippen LogP contribution < -0.4 is 0 Å². The van der Waals surface area contributed by atoms with Crippen molar-refractivity contribution in [1.82, 2.24) is 0 Å². The van der Waals surface area contributed by atoms with E-state index in [4.69, 9.17) is 18.5 Å². The third-order valence-electron chi connectivity index (χ3n) is 7.02. The van der Waals surface area contributed by atoms with Crippen molar-refractivity contribution in [1.29, 1.82) is 0 Å². The third-order valence-corrected chi connectivity index (χ3v) is 8.00. The Labute approximate surface area is 264 Å². The molecular formula is C34H67NO7P+. The molecule has 0 saturated heterocycles. The fraction of sp³-hybridized carbons (Fsp3) is 0.853. The number of quaternary nitrogens is 1. The van der Waals surface area contributed by atoms with E-state index >= 15 is 0 Å². The summed E-state index contributed by atoms with van der Waals surface area (Å²) in [6, 6.07) is 0. The van der Waals surface area contributed by atoms with Crippen molar-refractivity contribution in [2.45, 2.75) is 136 Å². The second-order valence-corrected chi connectivity index (χ2v) is 14.0. The lowest BCUT2D eigenvalue weighted by molar-refractivity contribution is -0.870. The van der Waals surface area contributed by atoms with Crippen LogP contribution in [0, 0.1) is 0 Å². The monoisotopic (exact) mass is 632 g/mol.